The average molecular weight is 343 g/mol. The Kier molecular flexibility index (Phi) is 4.57. The first-order chi connectivity index (χ1) is 11.5. The van der Waals surface area contributed by atoms with Gasteiger partial charge in [-0.1, -0.05) is 26.0 Å². The van der Waals surface area contributed by atoms with Crippen molar-refractivity contribution < 1.29 is 9.59 Å². The fourth-order valence-corrected chi connectivity index (χ4v) is 2.81. The molecule has 0 fully saturated rings. The Balaban J connectivity index is 1.74. The average Bonchev–Trinajstić information content (AvgIpc) is 3.20. The molecule has 2 heterocycles. The standard InChI is InChI=1S/C16H17N5O2S/c1-9(2)12(14(22)21-16-17-7-8-24-16)20-15(23)13-18-10-5-3-4-6-11(10)19-13/h3-9,12H,1-2H3,(H,18,19)(H,20,23)(H,17,21,22)/t12-/m0/s1. The summed E-state index contributed by atoms with van der Waals surface area (Å²) < 4.78 is 0. The summed E-state index contributed by atoms with van der Waals surface area (Å²) in [6.45, 7) is 3.73. The molecule has 3 N–H and O–H groups in total. The van der Waals surface area contributed by atoms with Gasteiger partial charge in [-0.2, -0.15) is 0 Å². The van der Waals surface area contributed by atoms with Crippen LogP contribution in [0.25, 0.3) is 11.0 Å². The summed E-state index contributed by atoms with van der Waals surface area (Å²) in [5, 5.41) is 7.72. The number of thiazole rings is 1. The van der Waals surface area contributed by atoms with Gasteiger partial charge in [-0.05, 0) is 18.1 Å². The summed E-state index contributed by atoms with van der Waals surface area (Å²) in [7, 11) is 0. The molecule has 0 aliphatic heterocycles. The molecule has 24 heavy (non-hydrogen) atoms. The molecule has 3 rings (SSSR count). The zero-order valence-electron chi connectivity index (χ0n) is 13.2. The number of carbonyl (C=O) groups excluding carboxylic acids is 2. The van der Waals surface area contributed by atoms with Gasteiger partial charge < -0.3 is 15.6 Å². The lowest BCUT2D eigenvalue weighted by molar-refractivity contribution is -0.118. The number of anilines is 1. The molecule has 0 unspecified atom stereocenters. The van der Waals surface area contributed by atoms with Gasteiger partial charge in [-0.25, -0.2) is 9.97 Å². The summed E-state index contributed by atoms with van der Waals surface area (Å²) in [4.78, 5) is 36.1. The van der Waals surface area contributed by atoms with E-state index in [9.17, 15) is 9.59 Å². The van der Waals surface area contributed by atoms with Crippen LogP contribution >= 0.6 is 11.3 Å². The largest absolute Gasteiger partial charge is 0.337 e. The molecule has 2 amide bonds. The van der Waals surface area contributed by atoms with Gasteiger partial charge >= 0.3 is 0 Å². The molecule has 0 aliphatic carbocycles. The molecule has 0 spiro atoms. The predicted octanol–water partition coefficient (Wildman–Crippen LogP) is 2.41. The Bertz CT molecular complexity index is 823. The van der Waals surface area contributed by atoms with Gasteiger partial charge in [-0.3, -0.25) is 9.59 Å². The highest BCUT2D eigenvalue weighted by molar-refractivity contribution is 7.13. The van der Waals surface area contributed by atoms with Crippen molar-refractivity contribution in [1.82, 2.24) is 20.3 Å². The number of aromatic nitrogens is 3. The lowest BCUT2D eigenvalue weighted by Gasteiger charge is -2.20. The van der Waals surface area contributed by atoms with E-state index in [0.29, 0.717) is 10.6 Å². The number of hydrogen-bond acceptors (Lipinski definition) is 5. The van der Waals surface area contributed by atoms with E-state index in [1.807, 2.05) is 38.1 Å². The number of amides is 2. The second-order valence-corrected chi connectivity index (χ2v) is 6.52. The zero-order chi connectivity index (χ0) is 17.1. The molecule has 3 aromatic rings. The highest BCUT2D eigenvalue weighted by atomic mass is 32.1. The molecular formula is C16H17N5O2S. The number of carbonyl (C=O) groups is 2. The van der Waals surface area contributed by atoms with Crippen molar-refractivity contribution in [2.45, 2.75) is 19.9 Å². The van der Waals surface area contributed by atoms with E-state index < -0.39 is 11.9 Å². The Labute approximate surface area is 142 Å². The second kappa shape index (κ2) is 6.79. The topological polar surface area (TPSA) is 99.8 Å². The molecule has 1 atom stereocenters. The van der Waals surface area contributed by atoms with Crippen molar-refractivity contribution >= 4 is 39.3 Å². The molecule has 7 nitrogen and oxygen atoms in total. The van der Waals surface area contributed by atoms with Crippen LogP contribution in [-0.4, -0.2) is 32.8 Å². The van der Waals surface area contributed by atoms with Crippen LogP contribution in [0.2, 0.25) is 0 Å². The highest BCUT2D eigenvalue weighted by Crippen LogP contribution is 2.14. The highest BCUT2D eigenvalue weighted by Gasteiger charge is 2.26. The number of imidazole rings is 1. The molecule has 0 saturated carbocycles. The molecule has 8 heteroatoms. The van der Waals surface area contributed by atoms with E-state index >= 15 is 0 Å². The van der Waals surface area contributed by atoms with Gasteiger partial charge in [0.1, 0.15) is 6.04 Å². The van der Waals surface area contributed by atoms with Crippen LogP contribution in [0.5, 0.6) is 0 Å². The summed E-state index contributed by atoms with van der Waals surface area (Å²) in [5.41, 5.74) is 1.48. The maximum atomic E-state index is 12.4. The van der Waals surface area contributed by atoms with Crippen LogP contribution in [0.4, 0.5) is 5.13 Å². The van der Waals surface area contributed by atoms with E-state index in [0.717, 1.165) is 5.52 Å². The molecule has 0 radical (unpaired) electrons. The van der Waals surface area contributed by atoms with Gasteiger partial charge in [0.15, 0.2) is 11.0 Å². The normalized spacial score (nSPS) is 12.3. The number of benzene rings is 1. The monoisotopic (exact) mass is 343 g/mol. The van der Waals surface area contributed by atoms with Crippen molar-refractivity contribution in [3.8, 4) is 0 Å². The molecule has 1 aromatic carbocycles. The summed E-state index contributed by atoms with van der Waals surface area (Å²) in [6.07, 6.45) is 1.61. The Morgan fingerprint density at radius 3 is 2.71 bits per heavy atom. The third-order valence-corrected chi connectivity index (χ3v) is 4.19. The minimum Gasteiger partial charge on any atom is -0.337 e. The van der Waals surface area contributed by atoms with Crippen LogP contribution < -0.4 is 10.6 Å². The first-order valence-electron chi connectivity index (χ1n) is 7.50. The van der Waals surface area contributed by atoms with Gasteiger partial charge in [0.05, 0.1) is 11.0 Å². The Morgan fingerprint density at radius 2 is 2.04 bits per heavy atom. The van der Waals surface area contributed by atoms with Crippen LogP contribution in [0.15, 0.2) is 35.8 Å². The number of aromatic amines is 1. The molecule has 0 bridgehead atoms. The maximum Gasteiger partial charge on any atom is 0.287 e. The third-order valence-electron chi connectivity index (χ3n) is 3.50. The summed E-state index contributed by atoms with van der Waals surface area (Å²) in [6, 6.07) is 6.69. The maximum absolute atomic E-state index is 12.4. The minimum atomic E-state index is -0.686. The Morgan fingerprint density at radius 1 is 1.25 bits per heavy atom. The van der Waals surface area contributed by atoms with Crippen LogP contribution in [0.3, 0.4) is 0 Å². The lowest BCUT2D eigenvalue weighted by Crippen LogP contribution is -2.47. The number of rotatable bonds is 5. The number of nitrogens with zero attached hydrogens (tertiary/aromatic N) is 2. The fourth-order valence-electron chi connectivity index (χ4n) is 2.27. The summed E-state index contributed by atoms with van der Waals surface area (Å²) >= 11 is 1.32. The van der Waals surface area contributed by atoms with Crippen molar-refractivity contribution in [3.63, 3.8) is 0 Å². The first-order valence-corrected chi connectivity index (χ1v) is 8.38. The predicted molar refractivity (Wildman–Crippen MR) is 92.9 cm³/mol. The Hall–Kier alpha value is -2.74. The van der Waals surface area contributed by atoms with Crippen molar-refractivity contribution in [1.29, 1.82) is 0 Å². The van der Waals surface area contributed by atoms with Crippen LogP contribution in [0.1, 0.15) is 24.5 Å². The number of hydrogen-bond donors (Lipinski definition) is 3. The molecular weight excluding hydrogens is 326 g/mol. The third kappa shape index (κ3) is 3.43. The summed E-state index contributed by atoms with van der Waals surface area (Å²) in [5.74, 6) is -0.620. The second-order valence-electron chi connectivity index (χ2n) is 5.62. The number of para-hydroxylation sites is 2. The molecule has 0 aliphatic rings. The van der Waals surface area contributed by atoms with E-state index in [2.05, 4.69) is 25.6 Å². The van der Waals surface area contributed by atoms with Crippen molar-refractivity contribution in [2.75, 3.05) is 5.32 Å². The van der Waals surface area contributed by atoms with E-state index in [4.69, 9.17) is 0 Å². The number of nitrogens with one attached hydrogen (secondary N) is 3. The van der Waals surface area contributed by atoms with Gasteiger partial charge in [0.2, 0.25) is 5.91 Å². The zero-order valence-corrected chi connectivity index (χ0v) is 14.1. The van der Waals surface area contributed by atoms with Crippen LogP contribution in [0, 0.1) is 5.92 Å². The first kappa shape index (κ1) is 16.1. The van der Waals surface area contributed by atoms with E-state index in [1.54, 1.807) is 11.6 Å². The smallest absolute Gasteiger partial charge is 0.287 e. The molecule has 2 aromatic heterocycles. The fraction of sp³-hybridized carbons (Fsp3) is 0.250. The SMILES string of the molecule is CC(C)[C@H](NC(=O)c1nc2ccccc2[nH]1)C(=O)Nc1nccs1. The van der Waals surface area contributed by atoms with Gasteiger partial charge in [-0.15, -0.1) is 11.3 Å². The van der Waals surface area contributed by atoms with E-state index in [1.165, 1.54) is 11.3 Å². The van der Waals surface area contributed by atoms with Gasteiger partial charge in [0, 0.05) is 11.6 Å². The molecule has 124 valence electrons. The van der Waals surface area contributed by atoms with Crippen molar-refractivity contribution in [2.24, 2.45) is 5.92 Å². The van der Waals surface area contributed by atoms with Gasteiger partial charge in [0.25, 0.3) is 5.91 Å². The van der Waals surface area contributed by atoms with E-state index in [-0.39, 0.29) is 17.6 Å². The number of H-pyrrole nitrogens is 1. The van der Waals surface area contributed by atoms with Crippen LogP contribution in [-0.2, 0) is 4.79 Å². The number of fused-ring (bicyclic) bond motifs is 1. The van der Waals surface area contributed by atoms with Crippen molar-refractivity contribution in [3.05, 3.63) is 41.7 Å². The minimum absolute atomic E-state index is 0.0849. The quantitative estimate of drug-likeness (QED) is 0.662. The molecule has 0 saturated heterocycles. The lowest BCUT2D eigenvalue weighted by atomic mass is 10.0.